The average Bonchev–Trinajstić information content (AvgIpc) is 2.51. The number of aryl methyl sites for hydroxylation is 2. The van der Waals surface area contributed by atoms with Gasteiger partial charge in [0.15, 0.2) is 0 Å². The molecule has 2 rings (SSSR count). The van der Waals surface area contributed by atoms with E-state index in [-0.39, 0.29) is 12.4 Å². The molecule has 0 N–H and O–H groups in total. The Kier molecular flexibility index (Phi) is 3.39. The van der Waals surface area contributed by atoms with Crippen molar-refractivity contribution < 1.29 is 0 Å². The third kappa shape index (κ3) is 1.98. The van der Waals surface area contributed by atoms with Crippen LogP contribution < -0.4 is 0 Å². The molecule has 0 amide bonds. The number of halogens is 1. The standard InChI is InChI=1S/C12H12N2.ClH/c1-4-5-14-8-13-11-6-9(2)10(3)7-12(11)14;/h1,6-8H,5H2,2-3H3;1H. The lowest BCUT2D eigenvalue weighted by atomic mass is 10.1. The van der Waals surface area contributed by atoms with Crippen LogP contribution >= 0.6 is 12.4 Å². The molecule has 0 saturated carbocycles. The second kappa shape index (κ2) is 4.37. The number of terminal acetylenes is 1. The molecule has 1 aromatic carbocycles. The smallest absolute Gasteiger partial charge is 0.0966 e. The van der Waals surface area contributed by atoms with Gasteiger partial charge in [-0.15, -0.1) is 18.8 Å². The highest BCUT2D eigenvalue weighted by molar-refractivity contribution is 5.85. The molecule has 0 saturated heterocycles. The summed E-state index contributed by atoms with van der Waals surface area (Å²) in [5.41, 5.74) is 4.68. The number of hydrogen-bond donors (Lipinski definition) is 0. The highest BCUT2D eigenvalue weighted by Crippen LogP contribution is 2.17. The van der Waals surface area contributed by atoms with Crippen LogP contribution in [0.1, 0.15) is 11.1 Å². The minimum atomic E-state index is 0. The molecule has 1 aromatic heterocycles. The lowest BCUT2D eigenvalue weighted by Crippen LogP contribution is -1.93. The summed E-state index contributed by atoms with van der Waals surface area (Å²) in [6.45, 7) is 4.77. The van der Waals surface area contributed by atoms with Crippen LogP contribution in [0.25, 0.3) is 11.0 Å². The van der Waals surface area contributed by atoms with Gasteiger partial charge in [0, 0.05) is 0 Å². The van der Waals surface area contributed by atoms with Crippen molar-refractivity contribution in [2.45, 2.75) is 20.4 Å². The molecule has 0 spiro atoms. The number of fused-ring (bicyclic) bond motifs is 1. The predicted molar refractivity (Wildman–Crippen MR) is 65.3 cm³/mol. The van der Waals surface area contributed by atoms with Gasteiger partial charge in [0.1, 0.15) is 0 Å². The van der Waals surface area contributed by atoms with Crippen molar-refractivity contribution in [2.24, 2.45) is 0 Å². The van der Waals surface area contributed by atoms with Crippen LogP contribution in [-0.4, -0.2) is 9.55 Å². The minimum absolute atomic E-state index is 0. The molecular formula is C12H13ClN2. The molecule has 78 valence electrons. The fraction of sp³-hybridized carbons (Fsp3) is 0.250. The second-order valence-electron chi connectivity index (χ2n) is 3.50. The lowest BCUT2D eigenvalue weighted by molar-refractivity contribution is 0.870. The van der Waals surface area contributed by atoms with Crippen molar-refractivity contribution in [3.05, 3.63) is 29.6 Å². The summed E-state index contributed by atoms with van der Waals surface area (Å²) in [5, 5.41) is 0. The quantitative estimate of drug-likeness (QED) is 0.676. The first kappa shape index (κ1) is 11.6. The zero-order valence-electron chi connectivity index (χ0n) is 8.82. The molecule has 0 bridgehead atoms. The molecule has 0 radical (unpaired) electrons. The van der Waals surface area contributed by atoms with Gasteiger partial charge >= 0.3 is 0 Å². The number of benzene rings is 1. The van der Waals surface area contributed by atoms with Crippen molar-refractivity contribution in [1.29, 1.82) is 0 Å². The summed E-state index contributed by atoms with van der Waals surface area (Å²) in [4.78, 5) is 4.31. The Morgan fingerprint density at radius 2 is 2.00 bits per heavy atom. The van der Waals surface area contributed by atoms with Crippen molar-refractivity contribution >= 4 is 23.4 Å². The summed E-state index contributed by atoms with van der Waals surface area (Å²) in [7, 11) is 0. The van der Waals surface area contributed by atoms with Gasteiger partial charge in [-0.25, -0.2) is 4.98 Å². The van der Waals surface area contributed by atoms with Crippen molar-refractivity contribution in [1.82, 2.24) is 9.55 Å². The Morgan fingerprint density at radius 3 is 2.67 bits per heavy atom. The van der Waals surface area contributed by atoms with E-state index in [2.05, 4.69) is 36.9 Å². The highest BCUT2D eigenvalue weighted by atomic mass is 35.5. The molecule has 0 aliphatic carbocycles. The Balaban J connectivity index is 0.00000112. The van der Waals surface area contributed by atoms with E-state index >= 15 is 0 Å². The normalized spacial score (nSPS) is 9.67. The van der Waals surface area contributed by atoms with Crippen LogP contribution in [-0.2, 0) is 6.54 Å². The highest BCUT2D eigenvalue weighted by Gasteiger charge is 2.03. The zero-order chi connectivity index (χ0) is 10.1. The number of aromatic nitrogens is 2. The predicted octanol–water partition coefficient (Wildman–Crippen LogP) is 2.71. The Morgan fingerprint density at radius 1 is 1.33 bits per heavy atom. The van der Waals surface area contributed by atoms with Crippen LogP contribution in [0.15, 0.2) is 18.5 Å². The first-order chi connectivity index (χ1) is 6.72. The molecule has 3 heteroatoms. The van der Waals surface area contributed by atoms with Gasteiger partial charge in [-0.05, 0) is 37.1 Å². The summed E-state index contributed by atoms with van der Waals surface area (Å²) in [6.07, 6.45) is 7.08. The Bertz CT molecular complexity index is 520. The lowest BCUT2D eigenvalue weighted by Gasteiger charge is -2.02. The van der Waals surface area contributed by atoms with Gasteiger partial charge in [0.25, 0.3) is 0 Å². The van der Waals surface area contributed by atoms with Crippen LogP contribution in [0.2, 0.25) is 0 Å². The molecule has 15 heavy (non-hydrogen) atoms. The summed E-state index contributed by atoms with van der Waals surface area (Å²) < 4.78 is 1.99. The summed E-state index contributed by atoms with van der Waals surface area (Å²) in [6, 6.07) is 4.23. The number of nitrogens with zero attached hydrogens (tertiary/aromatic N) is 2. The van der Waals surface area contributed by atoms with Crippen LogP contribution in [0.5, 0.6) is 0 Å². The molecule has 0 fully saturated rings. The van der Waals surface area contributed by atoms with E-state index in [9.17, 15) is 0 Å². The van der Waals surface area contributed by atoms with Gasteiger partial charge in [0.2, 0.25) is 0 Å². The third-order valence-electron chi connectivity index (χ3n) is 2.50. The van der Waals surface area contributed by atoms with Crippen molar-refractivity contribution in [3.8, 4) is 12.3 Å². The van der Waals surface area contributed by atoms with E-state index in [1.54, 1.807) is 6.33 Å². The second-order valence-corrected chi connectivity index (χ2v) is 3.50. The number of hydrogen-bond acceptors (Lipinski definition) is 1. The molecule has 0 atom stereocenters. The number of rotatable bonds is 1. The maximum Gasteiger partial charge on any atom is 0.0966 e. The minimum Gasteiger partial charge on any atom is -0.319 e. The van der Waals surface area contributed by atoms with Gasteiger partial charge in [-0.2, -0.15) is 0 Å². The largest absolute Gasteiger partial charge is 0.319 e. The van der Waals surface area contributed by atoms with E-state index < -0.39 is 0 Å². The maximum atomic E-state index is 5.28. The van der Waals surface area contributed by atoms with Gasteiger partial charge in [-0.1, -0.05) is 5.92 Å². The van der Waals surface area contributed by atoms with Gasteiger partial charge in [-0.3, -0.25) is 0 Å². The monoisotopic (exact) mass is 220 g/mol. The summed E-state index contributed by atoms with van der Waals surface area (Å²) >= 11 is 0. The molecule has 0 aliphatic heterocycles. The van der Waals surface area contributed by atoms with Crippen LogP contribution in [0, 0.1) is 26.2 Å². The van der Waals surface area contributed by atoms with Crippen LogP contribution in [0.4, 0.5) is 0 Å². The molecule has 0 aliphatic rings. The van der Waals surface area contributed by atoms with Crippen molar-refractivity contribution in [2.75, 3.05) is 0 Å². The van der Waals surface area contributed by atoms with Crippen LogP contribution in [0.3, 0.4) is 0 Å². The van der Waals surface area contributed by atoms with Crippen molar-refractivity contribution in [3.63, 3.8) is 0 Å². The first-order valence-corrected chi connectivity index (χ1v) is 4.58. The first-order valence-electron chi connectivity index (χ1n) is 4.58. The van der Waals surface area contributed by atoms with E-state index in [1.165, 1.54) is 11.1 Å². The van der Waals surface area contributed by atoms with E-state index in [0.29, 0.717) is 6.54 Å². The topological polar surface area (TPSA) is 17.8 Å². The van der Waals surface area contributed by atoms with Gasteiger partial charge < -0.3 is 4.57 Å². The average molecular weight is 221 g/mol. The molecular weight excluding hydrogens is 208 g/mol. The van der Waals surface area contributed by atoms with E-state index in [1.807, 2.05) is 4.57 Å². The third-order valence-corrected chi connectivity index (χ3v) is 2.50. The zero-order valence-corrected chi connectivity index (χ0v) is 9.64. The molecule has 0 unspecified atom stereocenters. The summed E-state index contributed by atoms with van der Waals surface area (Å²) in [5.74, 6) is 2.62. The SMILES string of the molecule is C#CCn1cnc2cc(C)c(C)cc21.Cl. The van der Waals surface area contributed by atoms with E-state index in [0.717, 1.165) is 11.0 Å². The fourth-order valence-corrected chi connectivity index (χ4v) is 1.54. The number of imidazole rings is 1. The Hall–Kier alpha value is -1.46. The van der Waals surface area contributed by atoms with Gasteiger partial charge in [0.05, 0.1) is 23.9 Å². The van der Waals surface area contributed by atoms with E-state index in [4.69, 9.17) is 6.42 Å². The Labute approximate surface area is 95.7 Å². The maximum absolute atomic E-state index is 5.28. The fourth-order valence-electron chi connectivity index (χ4n) is 1.54. The molecule has 1 heterocycles. The molecule has 2 aromatic rings. The molecule has 2 nitrogen and oxygen atoms in total.